The lowest BCUT2D eigenvalue weighted by Gasteiger charge is -2.47. The maximum Gasteiger partial charge on any atom is 0.407 e. The summed E-state index contributed by atoms with van der Waals surface area (Å²) in [7, 11) is 1.61. The highest BCUT2D eigenvalue weighted by Gasteiger charge is 2.69. The van der Waals surface area contributed by atoms with Crippen LogP contribution in [0.4, 0.5) is 9.59 Å². The van der Waals surface area contributed by atoms with Gasteiger partial charge in [-0.25, -0.2) is 9.59 Å². The van der Waals surface area contributed by atoms with Gasteiger partial charge in [0.25, 0.3) is 0 Å². The summed E-state index contributed by atoms with van der Waals surface area (Å²) in [5, 5.41) is 16.8. The number of alkyl carbamates (subject to hydrolysis) is 2. The van der Waals surface area contributed by atoms with Crippen molar-refractivity contribution >= 4 is 18.0 Å². The van der Waals surface area contributed by atoms with Crippen LogP contribution in [0.1, 0.15) is 107 Å². The van der Waals surface area contributed by atoms with Gasteiger partial charge in [-0.2, -0.15) is 0 Å². The van der Waals surface area contributed by atoms with Crippen LogP contribution in [0, 0.1) is 11.8 Å². The first-order valence-electron chi connectivity index (χ1n) is 31.0. The first-order valence-corrected chi connectivity index (χ1v) is 31.0. The van der Waals surface area contributed by atoms with E-state index in [2.05, 4.69) is 55.0 Å². The number of Topliss-reactive ketones (excluding diaryl/α,β-unsaturated/α-hetero) is 1. The largest absolute Gasteiger partial charge is 0.449 e. The smallest absolute Gasteiger partial charge is 0.407 e. The van der Waals surface area contributed by atoms with Crippen molar-refractivity contribution in [1.29, 1.82) is 0 Å². The maximum atomic E-state index is 14.4. The number of carbonyl (C=O) groups is 3. The van der Waals surface area contributed by atoms with Crippen LogP contribution in [0.2, 0.25) is 0 Å². The second kappa shape index (κ2) is 26.9. The first-order chi connectivity index (χ1) is 40.9. The van der Waals surface area contributed by atoms with Crippen molar-refractivity contribution in [2.75, 3.05) is 73.1 Å². The van der Waals surface area contributed by atoms with Crippen LogP contribution >= 0.6 is 0 Å². The molecule has 10 aliphatic heterocycles. The van der Waals surface area contributed by atoms with Crippen LogP contribution in [0.15, 0.2) is 72.8 Å². The van der Waals surface area contributed by atoms with E-state index in [1.807, 2.05) is 24.3 Å². The minimum Gasteiger partial charge on any atom is -0.449 e. The van der Waals surface area contributed by atoms with Crippen molar-refractivity contribution in [3.63, 3.8) is 0 Å². The van der Waals surface area contributed by atoms with Gasteiger partial charge in [0.05, 0.1) is 107 Å². The molecule has 11 aliphatic rings. The van der Waals surface area contributed by atoms with Gasteiger partial charge in [0.2, 0.25) is 0 Å². The SMILES string of the molecule is C=C1C[C@@H]2CC[C@@]34CC5O[C@H]6[C@@H](O3)[C@H]3OC(CC[C@@H]3O[C@H]6[C@H]5O4)CC(=O)C[C@@H]3[C@@H](OC)[C@@H](C[C@H](O)CNC(=O)OCCOCCOCCOCCNC(=O)OCC4c5ccccc5-c5ccccc54)O[C@H]3CC3O[C@@H](CCC1O2)C[C@@H](C)C3=C. The number of rotatable bonds is 19. The average molecular weight is 1170 g/mol. The standard InChI is InChI=1S/C64H86N2O18/c1-36-27-41-13-15-50-37(2)28-43(77-50)17-18-64-33-55-58(83-64)59-60(82-55)61(84-64)57-51(81-59)16-14-42(79-57)29-39(67)30-48-53(32-52(78-41)38(36)3)80-54(56(48)71-4)31-40(68)34-66-63(70)75-26-25-74-24-23-73-22-21-72-20-19-65-62(69)76-35-49-46-11-7-5-9-44(46)45-10-6-8-12-47(45)49/h5-12,36,40-43,48-61,68H,2-3,13-35H2,1,4H3,(H,65,69)(H,66,70)/t36-,40+,41+,42?,43+,48+,50?,51+,52?,53+,54-,55?,56-,57+,58+,59+,60-,61+,64+/m1/s1. The van der Waals surface area contributed by atoms with Crippen molar-refractivity contribution in [2.45, 2.75) is 200 Å². The molecule has 4 unspecified atom stereocenters. The Morgan fingerprint density at radius 3 is 2.11 bits per heavy atom. The number of aliphatic hydroxyl groups excluding tert-OH is 1. The van der Waals surface area contributed by atoms with E-state index < -0.39 is 54.6 Å². The number of hydrogen-bond donors (Lipinski definition) is 3. The summed E-state index contributed by atoms with van der Waals surface area (Å²) >= 11 is 0. The second-order valence-electron chi connectivity index (χ2n) is 24.8. The van der Waals surface area contributed by atoms with Gasteiger partial charge < -0.3 is 82.1 Å². The number of methoxy groups -OCH3 is 1. The number of ketones is 1. The number of ether oxygens (including phenoxy) is 14. The number of benzene rings is 2. The molecule has 84 heavy (non-hydrogen) atoms. The number of nitrogens with one attached hydrogen (secondary N) is 2. The van der Waals surface area contributed by atoms with E-state index in [-0.39, 0.29) is 137 Å². The lowest BCUT2D eigenvalue weighted by molar-refractivity contribution is -0.292. The zero-order valence-electron chi connectivity index (χ0n) is 48.7. The summed E-state index contributed by atoms with van der Waals surface area (Å²) in [4.78, 5) is 39.6. The van der Waals surface area contributed by atoms with Gasteiger partial charge in [0.1, 0.15) is 49.5 Å². The van der Waals surface area contributed by atoms with Crippen molar-refractivity contribution in [2.24, 2.45) is 11.8 Å². The maximum absolute atomic E-state index is 14.4. The van der Waals surface area contributed by atoms with Gasteiger partial charge in [-0.1, -0.05) is 68.6 Å². The van der Waals surface area contributed by atoms with Crippen molar-refractivity contribution in [3.05, 3.63) is 84.0 Å². The number of fused-ring (bicyclic) bond motifs is 9. The molecule has 1 spiro atoms. The molecule has 2 amide bonds. The summed E-state index contributed by atoms with van der Waals surface area (Å²) < 4.78 is 88.3. The van der Waals surface area contributed by atoms with Crippen molar-refractivity contribution in [1.82, 2.24) is 10.6 Å². The molecule has 10 saturated heterocycles. The minimum absolute atomic E-state index is 0.00247. The Morgan fingerprint density at radius 1 is 0.667 bits per heavy atom. The first kappa shape index (κ1) is 59.9. The fraction of sp³-hybridized carbons (Fsp3) is 0.703. The molecule has 1 aliphatic carbocycles. The zero-order chi connectivity index (χ0) is 57.9. The second-order valence-corrected chi connectivity index (χ2v) is 24.8. The van der Waals surface area contributed by atoms with E-state index in [4.69, 9.17) is 66.3 Å². The van der Waals surface area contributed by atoms with Gasteiger partial charge in [-0.3, -0.25) is 4.79 Å². The third-order valence-electron chi connectivity index (χ3n) is 19.3. The molecule has 10 heterocycles. The molecule has 0 saturated carbocycles. The number of hydrogen-bond acceptors (Lipinski definition) is 18. The van der Waals surface area contributed by atoms with Gasteiger partial charge >= 0.3 is 12.2 Å². The predicted molar refractivity (Wildman–Crippen MR) is 302 cm³/mol. The van der Waals surface area contributed by atoms with E-state index in [0.717, 1.165) is 60.8 Å². The molecule has 0 aromatic heterocycles. The summed E-state index contributed by atoms with van der Waals surface area (Å²) in [6.07, 6.45) is 1.24. The molecule has 2 aromatic rings. The Balaban J connectivity index is 0.573. The van der Waals surface area contributed by atoms with Crippen LogP contribution < -0.4 is 10.6 Å². The molecule has 460 valence electrons. The summed E-state index contributed by atoms with van der Waals surface area (Å²) in [5.41, 5.74) is 6.77. The third-order valence-corrected chi connectivity index (χ3v) is 19.3. The molecule has 10 fully saturated rings. The average Bonchev–Trinajstić information content (AvgIpc) is 1.67. The van der Waals surface area contributed by atoms with E-state index in [1.54, 1.807) is 7.11 Å². The Kier molecular flexibility index (Phi) is 19.2. The zero-order valence-corrected chi connectivity index (χ0v) is 48.7. The van der Waals surface area contributed by atoms with Crippen LogP contribution in [0.3, 0.4) is 0 Å². The summed E-state index contributed by atoms with van der Waals surface area (Å²) in [6.45, 7) is 13.3. The molecule has 3 N–H and O–H groups in total. The van der Waals surface area contributed by atoms with Crippen LogP contribution in [-0.4, -0.2) is 200 Å². The lowest BCUT2D eigenvalue weighted by atomic mass is 9.81. The third kappa shape index (κ3) is 13.4. The Hall–Kier alpha value is -4.39. The molecule has 19 atom stereocenters. The Labute approximate surface area is 492 Å². The molecular formula is C64H86N2O18. The number of carbonyl (C=O) groups excluding carboxylic acids is 3. The highest BCUT2D eigenvalue weighted by atomic mass is 16.8. The van der Waals surface area contributed by atoms with Gasteiger partial charge in [-0.05, 0) is 84.3 Å². The summed E-state index contributed by atoms with van der Waals surface area (Å²) in [6, 6.07) is 16.4. The Morgan fingerprint density at radius 2 is 1.33 bits per heavy atom. The molecule has 12 bridgehead atoms. The number of amides is 2. The molecule has 20 nitrogen and oxygen atoms in total. The van der Waals surface area contributed by atoms with Gasteiger partial charge in [-0.15, -0.1) is 0 Å². The fourth-order valence-electron chi connectivity index (χ4n) is 15.1. The van der Waals surface area contributed by atoms with Gasteiger partial charge in [0, 0.05) is 70.6 Å². The normalized spacial score (nSPS) is 37.2. The highest BCUT2D eigenvalue weighted by molar-refractivity contribution is 5.80. The monoisotopic (exact) mass is 1170 g/mol. The van der Waals surface area contributed by atoms with E-state index in [0.29, 0.717) is 58.7 Å². The quantitative estimate of drug-likeness (QED) is 0.0972. The molecule has 0 radical (unpaired) electrons. The van der Waals surface area contributed by atoms with Gasteiger partial charge in [0.15, 0.2) is 5.79 Å². The molecule has 20 heteroatoms. The molecule has 13 rings (SSSR count). The Bertz CT molecular complexity index is 2590. The highest BCUT2D eigenvalue weighted by Crippen LogP contribution is 2.55. The lowest BCUT2D eigenvalue weighted by Crippen LogP contribution is -2.61. The van der Waals surface area contributed by atoms with Crippen LogP contribution in [0.5, 0.6) is 0 Å². The minimum atomic E-state index is -1.01. The van der Waals surface area contributed by atoms with Crippen LogP contribution in [-0.2, 0) is 71.1 Å². The predicted octanol–water partition coefficient (Wildman–Crippen LogP) is 6.79. The summed E-state index contributed by atoms with van der Waals surface area (Å²) in [5.74, 6) is -0.964. The fourth-order valence-corrected chi connectivity index (χ4v) is 15.1. The topological polar surface area (TPSA) is 225 Å². The van der Waals surface area contributed by atoms with E-state index in [9.17, 15) is 19.5 Å². The molecular weight excluding hydrogens is 1080 g/mol. The van der Waals surface area contributed by atoms with Crippen molar-refractivity contribution < 1.29 is 85.8 Å². The van der Waals surface area contributed by atoms with Crippen LogP contribution in [0.25, 0.3) is 11.1 Å². The molecule has 2 aromatic carbocycles. The van der Waals surface area contributed by atoms with E-state index in [1.165, 1.54) is 11.1 Å². The van der Waals surface area contributed by atoms with E-state index >= 15 is 0 Å². The number of aliphatic hydroxyl groups is 1. The van der Waals surface area contributed by atoms with Crippen molar-refractivity contribution in [3.8, 4) is 11.1 Å².